The van der Waals surface area contributed by atoms with E-state index in [-0.39, 0.29) is 11.7 Å². The molecule has 3 aromatic rings. The van der Waals surface area contributed by atoms with E-state index in [1.54, 1.807) is 12.1 Å². The number of aromatic nitrogens is 4. The first kappa shape index (κ1) is 29.7. The molecule has 4 fully saturated rings. The Morgan fingerprint density at radius 1 is 0.933 bits per heavy atom. The van der Waals surface area contributed by atoms with Crippen LogP contribution in [0.5, 0.6) is 5.75 Å². The van der Waals surface area contributed by atoms with E-state index in [1.165, 1.54) is 25.5 Å². The van der Waals surface area contributed by atoms with Gasteiger partial charge < -0.3 is 25.4 Å². The van der Waals surface area contributed by atoms with Gasteiger partial charge in [0, 0.05) is 75.4 Å². The zero-order valence-corrected chi connectivity index (χ0v) is 26.0. The van der Waals surface area contributed by atoms with Gasteiger partial charge in [-0.05, 0) is 68.2 Å². The second-order valence-corrected chi connectivity index (χ2v) is 12.9. The smallest absolute Gasteiger partial charge is 0.319 e. The van der Waals surface area contributed by atoms with Crippen LogP contribution >= 0.6 is 0 Å². The molecule has 1 aromatic carbocycles. The first-order chi connectivity index (χ1) is 22.0. The van der Waals surface area contributed by atoms with Gasteiger partial charge in [0.25, 0.3) is 0 Å². The van der Waals surface area contributed by atoms with Crippen molar-refractivity contribution in [3.63, 3.8) is 0 Å². The first-order valence-electron chi connectivity index (χ1n) is 16.3. The van der Waals surface area contributed by atoms with Crippen molar-refractivity contribution in [2.75, 3.05) is 68.5 Å². The second-order valence-electron chi connectivity index (χ2n) is 12.9. The largest absolute Gasteiger partial charge is 0.507 e. The van der Waals surface area contributed by atoms with Crippen molar-refractivity contribution in [3.05, 3.63) is 48.3 Å². The predicted molar refractivity (Wildman–Crippen MR) is 172 cm³/mol. The number of hydrogen-bond acceptors (Lipinski definition) is 12. The number of piperazine rings is 2. The Bertz CT molecular complexity index is 1470. The van der Waals surface area contributed by atoms with Crippen LogP contribution in [0, 0.1) is 0 Å². The maximum Gasteiger partial charge on any atom is 0.319 e. The Hall–Kier alpha value is -4.03. The lowest BCUT2D eigenvalue weighted by atomic mass is 9.82. The molecule has 0 spiro atoms. The fourth-order valence-electron chi connectivity index (χ4n) is 7.88. The van der Waals surface area contributed by atoms with Gasteiger partial charge in [0.1, 0.15) is 5.75 Å². The Balaban J connectivity index is 0.951. The van der Waals surface area contributed by atoms with Crippen molar-refractivity contribution >= 4 is 23.4 Å². The fourth-order valence-corrected chi connectivity index (χ4v) is 7.88. The van der Waals surface area contributed by atoms with E-state index in [2.05, 4.69) is 42.2 Å². The third kappa shape index (κ3) is 6.13. The number of fused-ring (bicyclic) bond motifs is 2. The van der Waals surface area contributed by atoms with Gasteiger partial charge in [0.2, 0.25) is 5.95 Å². The summed E-state index contributed by atoms with van der Waals surface area (Å²) in [5.41, 5.74) is 9.68. The van der Waals surface area contributed by atoms with Crippen LogP contribution in [0.1, 0.15) is 50.0 Å². The Morgan fingerprint density at radius 3 is 2.27 bits per heavy atom. The van der Waals surface area contributed by atoms with Crippen molar-refractivity contribution < 1.29 is 14.6 Å². The minimum atomic E-state index is -0.153. The molecule has 2 bridgehead atoms. The highest BCUT2D eigenvalue weighted by Gasteiger charge is 2.42. The number of esters is 1. The highest BCUT2D eigenvalue weighted by molar-refractivity contribution is 5.74. The lowest BCUT2D eigenvalue weighted by Gasteiger charge is -2.42. The number of benzene rings is 1. The number of nitrogens with zero attached hydrogens (tertiary/aromatic N) is 8. The van der Waals surface area contributed by atoms with E-state index in [0.29, 0.717) is 47.7 Å². The Morgan fingerprint density at radius 2 is 1.60 bits per heavy atom. The molecule has 238 valence electrons. The highest BCUT2D eigenvalue weighted by atomic mass is 16.5. The number of rotatable bonds is 7. The van der Waals surface area contributed by atoms with Gasteiger partial charge in [0.15, 0.2) is 5.82 Å². The van der Waals surface area contributed by atoms with Gasteiger partial charge >= 0.3 is 5.97 Å². The normalized spacial score (nSPS) is 25.8. The lowest BCUT2D eigenvalue weighted by molar-refractivity contribution is -0.142. The maximum absolute atomic E-state index is 11.6. The van der Waals surface area contributed by atoms with Gasteiger partial charge in [-0.2, -0.15) is 0 Å². The summed E-state index contributed by atoms with van der Waals surface area (Å²) in [5.74, 6) is 1.75. The lowest BCUT2D eigenvalue weighted by Crippen LogP contribution is -2.54. The molecule has 4 aliphatic rings. The van der Waals surface area contributed by atoms with Gasteiger partial charge in [-0.1, -0.05) is 12.1 Å². The van der Waals surface area contributed by atoms with E-state index < -0.39 is 0 Å². The van der Waals surface area contributed by atoms with Crippen molar-refractivity contribution in [3.8, 4) is 17.0 Å². The number of para-hydroxylation sites is 1. The van der Waals surface area contributed by atoms with Gasteiger partial charge in [-0.15, -0.1) is 10.2 Å². The van der Waals surface area contributed by atoms with Crippen LogP contribution < -0.4 is 15.5 Å². The summed E-state index contributed by atoms with van der Waals surface area (Å²) in [7, 11) is 1.45. The number of aromatic hydroxyl groups is 1. The number of carbonyl (C=O) groups excluding carboxylic acids is 1. The third-order valence-electron chi connectivity index (χ3n) is 10.4. The summed E-state index contributed by atoms with van der Waals surface area (Å²) in [6.07, 6.45) is 11.0. The molecule has 3 aliphatic heterocycles. The summed E-state index contributed by atoms with van der Waals surface area (Å²) < 4.78 is 4.83. The molecule has 7 rings (SSSR count). The number of phenolic OH excluding ortho intramolecular Hbond substituents is 1. The highest BCUT2D eigenvalue weighted by Crippen LogP contribution is 2.39. The van der Waals surface area contributed by atoms with Crippen molar-refractivity contribution in [2.24, 2.45) is 0 Å². The number of carbonyl (C=O) groups is 1. The number of phenols is 1. The zero-order chi connectivity index (χ0) is 30.9. The quantitative estimate of drug-likeness (QED) is 0.379. The van der Waals surface area contributed by atoms with Crippen LogP contribution in [0.25, 0.3) is 11.3 Å². The van der Waals surface area contributed by atoms with Crippen LogP contribution in [0.2, 0.25) is 0 Å². The van der Waals surface area contributed by atoms with Crippen molar-refractivity contribution in [1.82, 2.24) is 30.0 Å². The molecular formula is C33H43N9O3. The molecule has 1 saturated carbocycles. The summed E-state index contributed by atoms with van der Waals surface area (Å²) in [6.45, 7) is 5.88. The van der Waals surface area contributed by atoms with Crippen LogP contribution in [0.15, 0.2) is 42.7 Å². The van der Waals surface area contributed by atoms with E-state index in [0.717, 1.165) is 76.6 Å². The topological polar surface area (TPSA) is 137 Å². The van der Waals surface area contributed by atoms with Crippen molar-refractivity contribution in [1.29, 1.82) is 0 Å². The molecule has 1 aliphatic carbocycles. The number of nitrogens with two attached hydrogens (primary N) is 1. The third-order valence-corrected chi connectivity index (χ3v) is 10.4. The van der Waals surface area contributed by atoms with Gasteiger partial charge in [0.05, 0.1) is 25.0 Å². The first-order valence-corrected chi connectivity index (χ1v) is 16.3. The van der Waals surface area contributed by atoms with Crippen LogP contribution in [-0.2, 0) is 9.53 Å². The van der Waals surface area contributed by atoms with Crippen LogP contribution in [0.4, 0.5) is 17.5 Å². The average molecular weight is 614 g/mol. The zero-order valence-electron chi connectivity index (χ0n) is 26.0. The van der Waals surface area contributed by atoms with Crippen molar-refractivity contribution in [2.45, 2.75) is 62.6 Å². The molecular weight excluding hydrogens is 570 g/mol. The summed E-state index contributed by atoms with van der Waals surface area (Å²) >= 11 is 0. The average Bonchev–Trinajstić information content (AvgIpc) is 3.34. The maximum atomic E-state index is 11.6. The molecule has 45 heavy (non-hydrogen) atoms. The predicted octanol–water partition coefficient (Wildman–Crippen LogP) is 2.90. The van der Waals surface area contributed by atoms with E-state index in [9.17, 15) is 9.90 Å². The molecule has 2 unspecified atom stereocenters. The molecule has 0 amide bonds. The summed E-state index contributed by atoms with van der Waals surface area (Å²) in [5, 5.41) is 18.8. The molecule has 12 heteroatoms. The molecule has 5 heterocycles. The van der Waals surface area contributed by atoms with E-state index in [1.807, 2.05) is 18.2 Å². The van der Waals surface area contributed by atoms with E-state index in [4.69, 9.17) is 20.4 Å². The minimum Gasteiger partial charge on any atom is -0.507 e. The minimum absolute atomic E-state index is 0.153. The summed E-state index contributed by atoms with van der Waals surface area (Å²) in [4.78, 5) is 31.0. The second kappa shape index (κ2) is 12.8. The SMILES string of the molecule is COC(=O)CN1CCN(C2CCC(c3cnc(N4C5CCC4CN(c4cc(-c6ccccc6O)nnc4N)C5)nc3)CC2)CC1. The Kier molecular flexibility index (Phi) is 8.41. The number of ether oxygens (including phenoxy) is 1. The van der Waals surface area contributed by atoms with Crippen LogP contribution in [0.3, 0.4) is 0 Å². The molecule has 3 saturated heterocycles. The number of nitrogen functional groups attached to an aromatic ring is 1. The summed E-state index contributed by atoms with van der Waals surface area (Å²) in [6, 6.07) is 10.3. The molecule has 2 aromatic heterocycles. The number of methoxy groups -OCH3 is 1. The van der Waals surface area contributed by atoms with Gasteiger partial charge in [-0.25, -0.2) is 9.97 Å². The molecule has 12 nitrogen and oxygen atoms in total. The van der Waals surface area contributed by atoms with Crippen LogP contribution in [-0.4, -0.2) is 112 Å². The van der Waals surface area contributed by atoms with E-state index >= 15 is 0 Å². The standard InChI is InChI=1S/C33H43N9O3/c1-45-31(44)21-39-12-14-40(15-13-39)24-8-6-22(7-9-24)23-17-35-33(36-18-23)42-25-10-11-26(42)20-41(19-25)29-16-28(37-38-32(29)34)27-4-2-3-5-30(27)43/h2-5,16-18,22,24-26,43H,6-15,19-21H2,1H3,(H2,34,38). The number of anilines is 3. The monoisotopic (exact) mass is 613 g/mol. The molecule has 2 atom stereocenters. The molecule has 3 N–H and O–H groups in total. The Labute approximate surface area is 264 Å². The fraction of sp³-hybridized carbons (Fsp3) is 0.545. The van der Waals surface area contributed by atoms with Gasteiger partial charge in [-0.3, -0.25) is 14.6 Å². The number of hydrogen-bond donors (Lipinski definition) is 2. The molecule has 0 radical (unpaired) electrons.